The number of aromatic nitrogens is 1. The molecule has 0 radical (unpaired) electrons. The van der Waals surface area contributed by atoms with Crippen LogP contribution in [0.25, 0.3) is 0 Å². The largest absolute Gasteiger partial charge is 0.433 e. The molecule has 0 aromatic carbocycles. The molecule has 1 saturated heterocycles. The molecule has 5 nitrogen and oxygen atoms in total. The Labute approximate surface area is 127 Å². The minimum atomic E-state index is -4.58. The maximum atomic E-state index is 12.4. The van der Waals surface area contributed by atoms with E-state index < -0.39 is 21.9 Å². The predicted molar refractivity (Wildman–Crippen MR) is 74.6 cm³/mol. The van der Waals surface area contributed by atoms with Crippen molar-refractivity contribution in [3.05, 3.63) is 24.0 Å². The molecule has 124 valence electrons. The first-order chi connectivity index (χ1) is 10.2. The molecule has 0 aliphatic carbocycles. The van der Waals surface area contributed by atoms with E-state index in [1.807, 2.05) is 7.05 Å². The number of likely N-dealkylation sites (tertiary alicyclic amines) is 1. The Hall–Kier alpha value is -1.19. The molecule has 22 heavy (non-hydrogen) atoms. The van der Waals surface area contributed by atoms with Gasteiger partial charge in [-0.15, -0.1) is 0 Å². The van der Waals surface area contributed by atoms with E-state index in [2.05, 4.69) is 14.6 Å². The zero-order valence-corrected chi connectivity index (χ0v) is 12.9. The lowest BCUT2D eigenvalue weighted by atomic mass is 9.99. The maximum absolute atomic E-state index is 12.4. The van der Waals surface area contributed by atoms with Crippen molar-refractivity contribution >= 4 is 10.0 Å². The van der Waals surface area contributed by atoms with Gasteiger partial charge in [-0.2, -0.15) is 13.2 Å². The number of rotatable bonds is 4. The fourth-order valence-electron chi connectivity index (χ4n) is 2.46. The molecule has 0 amide bonds. The zero-order chi connectivity index (χ0) is 16.4. The number of nitrogens with zero attached hydrogens (tertiary/aromatic N) is 2. The van der Waals surface area contributed by atoms with Crippen molar-refractivity contribution in [2.45, 2.75) is 23.9 Å². The first-order valence-electron chi connectivity index (χ1n) is 6.90. The smallest absolute Gasteiger partial charge is 0.306 e. The van der Waals surface area contributed by atoms with Crippen molar-refractivity contribution in [1.29, 1.82) is 0 Å². The second kappa shape index (κ2) is 6.51. The lowest BCUT2D eigenvalue weighted by Crippen LogP contribution is -2.39. The summed E-state index contributed by atoms with van der Waals surface area (Å²) in [4.78, 5) is 5.04. The van der Waals surface area contributed by atoms with E-state index in [4.69, 9.17) is 0 Å². The number of halogens is 3. The van der Waals surface area contributed by atoms with Crippen molar-refractivity contribution in [1.82, 2.24) is 14.6 Å². The minimum absolute atomic E-state index is 0.205. The van der Waals surface area contributed by atoms with Gasteiger partial charge in [0.25, 0.3) is 0 Å². The lowest BCUT2D eigenvalue weighted by Gasteiger charge is -2.29. The fourth-order valence-corrected chi connectivity index (χ4v) is 3.52. The average molecular weight is 337 g/mol. The predicted octanol–water partition coefficient (Wildman–Crippen LogP) is 1.72. The van der Waals surface area contributed by atoms with Gasteiger partial charge in [0, 0.05) is 19.3 Å². The van der Waals surface area contributed by atoms with Crippen molar-refractivity contribution in [2.75, 3.05) is 26.7 Å². The minimum Gasteiger partial charge on any atom is -0.306 e. The Morgan fingerprint density at radius 2 is 2.14 bits per heavy atom. The summed E-state index contributed by atoms with van der Waals surface area (Å²) in [6.07, 6.45) is -1.91. The van der Waals surface area contributed by atoms with Gasteiger partial charge >= 0.3 is 6.18 Å². The molecule has 0 saturated carbocycles. The summed E-state index contributed by atoms with van der Waals surface area (Å²) in [6.45, 7) is 2.06. The van der Waals surface area contributed by atoms with Gasteiger partial charge in [-0.25, -0.2) is 13.1 Å². The highest BCUT2D eigenvalue weighted by Gasteiger charge is 2.32. The van der Waals surface area contributed by atoms with E-state index in [9.17, 15) is 21.6 Å². The summed E-state index contributed by atoms with van der Waals surface area (Å²) in [5, 5.41) is 0. The number of nitrogens with one attached hydrogen (secondary N) is 1. The molecule has 1 N–H and O–H groups in total. The van der Waals surface area contributed by atoms with Gasteiger partial charge in [-0.05, 0) is 44.5 Å². The summed E-state index contributed by atoms with van der Waals surface area (Å²) < 4.78 is 63.8. The van der Waals surface area contributed by atoms with E-state index in [1.54, 1.807) is 0 Å². The molecule has 2 rings (SSSR count). The van der Waals surface area contributed by atoms with E-state index in [0.717, 1.165) is 38.2 Å². The summed E-state index contributed by atoms with van der Waals surface area (Å²) in [6, 6.07) is 1.59. The van der Waals surface area contributed by atoms with Crippen LogP contribution in [0.5, 0.6) is 0 Å². The van der Waals surface area contributed by atoms with Gasteiger partial charge in [-0.1, -0.05) is 0 Å². The Morgan fingerprint density at radius 1 is 1.41 bits per heavy atom. The standard InChI is InChI=1S/C13H18F3N3O2S/c1-19-6-2-3-10(9-19)7-18-22(20,21)11-4-5-12(17-8-11)13(14,15)16/h4-5,8,10,18H,2-3,6-7,9H2,1H3/t10-/m0/s1. The van der Waals surface area contributed by atoms with Crippen LogP contribution in [0, 0.1) is 5.92 Å². The highest BCUT2D eigenvalue weighted by Crippen LogP contribution is 2.27. The lowest BCUT2D eigenvalue weighted by molar-refractivity contribution is -0.141. The molecule has 0 spiro atoms. The van der Waals surface area contributed by atoms with Gasteiger partial charge < -0.3 is 4.90 Å². The van der Waals surface area contributed by atoms with Crippen LogP contribution in [0.15, 0.2) is 23.2 Å². The second-order valence-electron chi connectivity index (χ2n) is 5.50. The monoisotopic (exact) mass is 337 g/mol. The van der Waals surface area contributed by atoms with Crippen molar-refractivity contribution in [3.63, 3.8) is 0 Å². The molecule has 1 aliphatic heterocycles. The molecule has 1 aromatic rings. The van der Waals surface area contributed by atoms with Gasteiger partial charge in [0.2, 0.25) is 10.0 Å². The van der Waals surface area contributed by atoms with Crippen LogP contribution in [0.4, 0.5) is 13.2 Å². The average Bonchev–Trinajstić information content (AvgIpc) is 2.45. The molecule has 2 heterocycles. The molecule has 1 atom stereocenters. The van der Waals surface area contributed by atoms with E-state index in [0.29, 0.717) is 6.07 Å². The SMILES string of the molecule is CN1CCC[C@@H](CNS(=O)(=O)c2ccc(C(F)(F)F)nc2)C1. The van der Waals surface area contributed by atoms with E-state index in [-0.39, 0.29) is 17.4 Å². The van der Waals surface area contributed by atoms with Crippen LogP contribution in [0.2, 0.25) is 0 Å². The van der Waals surface area contributed by atoms with Gasteiger partial charge in [0.05, 0.1) is 0 Å². The van der Waals surface area contributed by atoms with Crippen LogP contribution in [-0.2, 0) is 16.2 Å². The van der Waals surface area contributed by atoms with Crippen LogP contribution < -0.4 is 4.72 Å². The highest BCUT2D eigenvalue weighted by atomic mass is 32.2. The molecule has 1 fully saturated rings. The number of alkyl halides is 3. The number of hydrogen-bond acceptors (Lipinski definition) is 4. The van der Waals surface area contributed by atoms with Crippen LogP contribution in [-0.4, -0.2) is 45.0 Å². The Balaban J connectivity index is 2.01. The number of piperidine rings is 1. The van der Waals surface area contributed by atoms with Crippen molar-refractivity contribution in [3.8, 4) is 0 Å². The molecule has 0 bridgehead atoms. The Bertz CT molecular complexity index is 602. The quantitative estimate of drug-likeness (QED) is 0.909. The third-order valence-corrected chi connectivity index (χ3v) is 5.03. The van der Waals surface area contributed by atoms with Crippen LogP contribution in [0.1, 0.15) is 18.5 Å². The van der Waals surface area contributed by atoms with Gasteiger partial charge in [0.15, 0.2) is 0 Å². The first kappa shape index (κ1) is 17.2. The zero-order valence-electron chi connectivity index (χ0n) is 12.1. The normalized spacial score (nSPS) is 21.0. The summed E-state index contributed by atoms with van der Waals surface area (Å²) in [7, 11) is -1.87. The number of sulfonamides is 1. The van der Waals surface area contributed by atoms with E-state index >= 15 is 0 Å². The topological polar surface area (TPSA) is 62.3 Å². The van der Waals surface area contributed by atoms with E-state index in [1.165, 1.54) is 0 Å². The fraction of sp³-hybridized carbons (Fsp3) is 0.615. The van der Waals surface area contributed by atoms with Crippen LogP contribution in [0.3, 0.4) is 0 Å². The molecular formula is C13H18F3N3O2S. The van der Waals surface area contributed by atoms with Gasteiger partial charge in [0.1, 0.15) is 10.6 Å². The maximum Gasteiger partial charge on any atom is 0.433 e. The van der Waals surface area contributed by atoms with Crippen LogP contribution >= 0.6 is 0 Å². The highest BCUT2D eigenvalue weighted by molar-refractivity contribution is 7.89. The summed E-state index contributed by atoms with van der Waals surface area (Å²) in [5.41, 5.74) is -1.11. The third-order valence-electron chi connectivity index (χ3n) is 3.62. The summed E-state index contributed by atoms with van der Waals surface area (Å²) >= 11 is 0. The molecule has 9 heteroatoms. The third kappa shape index (κ3) is 4.40. The molecule has 1 aromatic heterocycles. The van der Waals surface area contributed by atoms with Crippen molar-refractivity contribution < 1.29 is 21.6 Å². The Morgan fingerprint density at radius 3 is 2.68 bits per heavy atom. The molecule has 1 aliphatic rings. The number of pyridine rings is 1. The van der Waals surface area contributed by atoms with Gasteiger partial charge in [-0.3, -0.25) is 4.98 Å². The first-order valence-corrected chi connectivity index (χ1v) is 8.38. The second-order valence-corrected chi connectivity index (χ2v) is 7.27. The summed E-state index contributed by atoms with van der Waals surface area (Å²) in [5.74, 6) is 0.205. The van der Waals surface area contributed by atoms with Crippen molar-refractivity contribution in [2.24, 2.45) is 5.92 Å². The Kier molecular flexibility index (Phi) is 5.08. The molecular weight excluding hydrogens is 319 g/mol. The molecule has 0 unspecified atom stereocenters. The number of hydrogen-bond donors (Lipinski definition) is 1.